The summed E-state index contributed by atoms with van der Waals surface area (Å²) in [6, 6.07) is 11.3. The van der Waals surface area contributed by atoms with Crippen molar-refractivity contribution in [3.8, 4) is 5.75 Å². The minimum atomic E-state index is -3.95. The van der Waals surface area contributed by atoms with Crippen LogP contribution >= 0.6 is 11.6 Å². The second-order valence-corrected chi connectivity index (χ2v) is 18.4. The summed E-state index contributed by atoms with van der Waals surface area (Å²) in [4.78, 5) is 15.8. The molecule has 1 spiro atoms. The lowest BCUT2D eigenvalue weighted by molar-refractivity contribution is -0.0902. The summed E-state index contributed by atoms with van der Waals surface area (Å²) in [7, 11) is -4.99. The van der Waals surface area contributed by atoms with E-state index in [1.807, 2.05) is 13.0 Å². The molecule has 0 unspecified atom stereocenters. The highest BCUT2D eigenvalue weighted by molar-refractivity contribution is 7.90. The average Bonchev–Trinajstić information content (AvgIpc) is 3.14. The zero-order valence-electron chi connectivity index (χ0n) is 27.1. The number of carbonyl (C=O) groups is 1. The maximum absolute atomic E-state index is 13.5. The van der Waals surface area contributed by atoms with Crippen molar-refractivity contribution in [3.05, 3.63) is 58.1 Å². The number of ether oxygens (including phenoxy) is 1. The lowest BCUT2D eigenvalue weighted by atomic mass is 9.62. The van der Waals surface area contributed by atoms with Crippen molar-refractivity contribution in [1.29, 1.82) is 0 Å². The van der Waals surface area contributed by atoms with E-state index in [9.17, 15) is 22.5 Å². The smallest absolute Gasteiger partial charge is 0.264 e. The number of amides is 1. The molecule has 2 aromatic rings. The zero-order valence-corrected chi connectivity index (χ0v) is 29.5. The van der Waals surface area contributed by atoms with Crippen molar-refractivity contribution in [2.75, 3.05) is 36.6 Å². The summed E-state index contributed by atoms with van der Waals surface area (Å²) in [6.45, 7) is 5.32. The summed E-state index contributed by atoms with van der Waals surface area (Å²) in [5, 5.41) is 12.2. The van der Waals surface area contributed by atoms with E-state index in [4.69, 9.17) is 16.3 Å². The fourth-order valence-corrected chi connectivity index (χ4v) is 10.5. The predicted octanol–water partition coefficient (Wildman–Crippen LogP) is 5.61. The van der Waals surface area contributed by atoms with Crippen molar-refractivity contribution < 1.29 is 27.3 Å². The van der Waals surface area contributed by atoms with Crippen LogP contribution in [-0.4, -0.2) is 66.2 Å². The van der Waals surface area contributed by atoms with Gasteiger partial charge in [0.15, 0.2) is 0 Å². The number of fused-ring (bicyclic) bond motifs is 4. The number of halogens is 1. The van der Waals surface area contributed by atoms with Crippen LogP contribution in [0.1, 0.15) is 86.7 Å². The summed E-state index contributed by atoms with van der Waals surface area (Å²) in [5.41, 5.74) is 2.22. The molecule has 11 heteroatoms. The third-order valence-electron chi connectivity index (χ3n) is 11.5. The Bertz CT molecular complexity index is 1620. The highest BCUT2D eigenvalue weighted by Crippen LogP contribution is 2.49. The van der Waals surface area contributed by atoms with Gasteiger partial charge in [-0.1, -0.05) is 31.0 Å². The molecule has 1 amide bonds. The maximum Gasteiger partial charge on any atom is 0.264 e. The van der Waals surface area contributed by atoms with Crippen molar-refractivity contribution >= 4 is 44.0 Å². The van der Waals surface area contributed by atoms with Gasteiger partial charge in [-0.05, 0) is 118 Å². The first-order valence-corrected chi connectivity index (χ1v) is 20.3. The number of aryl methyl sites for hydroxylation is 1. The van der Waals surface area contributed by atoms with Gasteiger partial charge in [0.05, 0.1) is 23.1 Å². The molecule has 6 rings (SSSR count). The molecular formula is C35H47ClN2O6S2. The minimum Gasteiger partial charge on any atom is -0.490 e. The van der Waals surface area contributed by atoms with Crippen LogP contribution < -0.4 is 14.4 Å². The van der Waals surface area contributed by atoms with E-state index in [1.165, 1.54) is 11.1 Å². The Kier molecular flexibility index (Phi) is 9.57. The van der Waals surface area contributed by atoms with Crippen LogP contribution in [0.4, 0.5) is 5.69 Å². The summed E-state index contributed by atoms with van der Waals surface area (Å²) in [5.74, 6) is 0.460. The molecule has 0 saturated heterocycles. The maximum atomic E-state index is 13.5. The Morgan fingerprint density at radius 2 is 1.91 bits per heavy atom. The summed E-state index contributed by atoms with van der Waals surface area (Å²) in [6.07, 6.45) is 8.67. The van der Waals surface area contributed by atoms with E-state index in [-0.39, 0.29) is 28.7 Å². The molecule has 2 aromatic carbocycles. The van der Waals surface area contributed by atoms with Gasteiger partial charge in [-0.25, -0.2) is 13.1 Å². The van der Waals surface area contributed by atoms with E-state index in [0.29, 0.717) is 56.9 Å². The number of aliphatic hydroxyl groups is 1. The van der Waals surface area contributed by atoms with Gasteiger partial charge in [-0.3, -0.25) is 9.00 Å². The van der Waals surface area contributed by atoms with E-state index in [2.05, 4.69) is 21.8 Å². The molecule has 4 aliphatic rings. The van der Waals surface area contributed by atoms with Crippen molar-refractivity contribution in [2.24, 2.45) is 17.8 Å². The molecule has 2 aliphatic heterocycles. The third-order valence-corrected chi connectivity index (χ3v) is 14.4. The monoisotopic (exact) mass is 690 g/mol. The number of rotatable bonds is 3. The second kappa shape index (κ2) is 13.1. The number of anilines is 1. The Hall–Kier alpha value is -2.14. The van der Waals surface area contributed by atoms with Gasteiger partial charge in [0.2, 0.25) is 10.0 Å². The van der Waals surface area contributed by atoms with E-state index >= 15 is 0 Å². The first kappa shape index (κ1) is 33.7. The fraction of sp³-hybridized carbons (Fsp3) is 0.629. The Labute approximate surface area is 281 Å². The molecule has 7 atom stereocenters. The highest BCUT2D eigenvalue weighted by atomic mass is 35.5. The molecule has 2 bridgehead atoms. The van der Waals surface area contributed by atoms with Crippen molar-refractivity contribution in [1.82, 2.24) is 4.72 Å². The standard InChI is InChI=1S/C35H47ClN2O6S2/c1-23-6-4-15-35(40,16-17-45(3)41)30-11-8-27(30)20-38-21-34(14-5-7-25-18-28(36)10-12-29(25)34)22-44-32-13-9-26(19-31(32)38)33(39)37-46(42,43)24(23)2/h9-10,12-13,18-19,23-24,27,30,40H,4-8,11,14-17,20-22H2,1-3H3,(H,37,39)/t23-,24+,27-,30+,34-,35+,45-/m0/s1. The summed E-state index contributed by atoms with van der Waals surface area (Å²) >= 11 is 6.42. The van der Waals surface area contributed by atoms with Gasteiger partial charge in [0.1, 0.15) is 5.75 Å². The highest BCUT2D eigenvalue weighted by Gasteiger charge is 2.48. The zero-order chi connectivity index (χ0) is 32.9. The Morgan fingerprint density at radius 3 is 2.65 bits per heavy atom. The molecule has 2 heterocycles. The van der Waals surface area contributed by atoms with Gasteiger partial charge in [-0.2, -0.15) is 0 Å². The topological polar surface area (TPSA) is 113 Å². The van der Waals surface area contributed by atoms with Gasteiger partial charge in [-0.15, -0.1) is 0 Å². The fourth-order valence-electron chi connectivity index (χ4n) is 8.40. The molecule has 1 saturated carbocycles. The van der Waals surface area contributed by atoms with Crippen LogP contribution in [0.3, 0.4) is 0 Å². The first-order chi connectivity index (χ1) is 21.8. The average molecular weight is 691 g/mol. The third kappa shape index (κ3) is 6.61. The number of hydrogen-bond acceptors (Lipinski definition) is 7. The molecular weight excluding hydrogens is 644 g/mol. The van der Waals surface area contributed by atoms with E-state index in [1.54, 1.807) is 31.4 Å². The minimum absolute atomic E-state index is 0.0351. The van der Waals surface area contributed by atoms with Crippen LogP contribution in [-0.2, 0) is 32.7 Å². The number of hydrogen-bond donors (Lipinski definition) is 2. The molecule has 0 radical (unpaired) electrons. The van der Waals surface area contributed by atoms with Gasteiger partial charge in [0, 0.05) is 51.9 Å². The number of nitrogens with zero attached hydrogens (tertiary/aromatic N) is 1. The summed E-state index contributed by atoms with van der Waals surface area (Å²) < 4.78 is 47.8. The molecule has 8 nitrogen and oxygen atoms in total. The van der Waals surface area contributed by atoms with Gasteiger partial charge in [0.25, 0.3) is 5.91 Å². The van der Waals surface area contributed by atoms with Crippen molar-refractivity contribution in [3.63, 3.8) is 0 Å². The number of benzene rings is 2. The molecule has 2 aliphatic carbocycles. The van der Waals surface area contributed by atoms with Gasteiger partial charge >= 0.3 is 0 Å². The Balaban J connectivity index is 1.43. The van der Waals surface area contributed by atoms with Crippen LogP contribution in [0, 0.1) is 17.8 Å². The number of carbonyl (C=O) groups excluding carboxylic acids is 1. The van der Waals surface area contributed by atoms with Crippen LogP contribution in [0.2, 0.25) is 5.02 Å². The number of sulfonamides is 1. The second-order valence-electron chi connectivity index (χ2n) is 14.4. The Morgan fingerprint density at radius 1 is 1.11 bits per heavy atom. The van der Waals surface area contributed by atoms with Gasteiger partial charge < -0.3 is 14.7 Å². The van der Waals surface area contributed by atoms with E-state index in [0.717, 1.165) is 42.8 Å². The molecule has 252 valence electrons. The SMILES string of the molecule is C[C@@H]1[C@@H](C)CCC[C@@](O)(CC[S@](C)=O)[C@@H]2CC[C@H]2CN2C[C@@]3(CCCc4cc(Cl)ccc43)COc3ccc(cc32)C(=O)NS1(=O)=O. The lowest BCUT2D eigenvalue weighted by Gasteiger charge is -2.50. The largest absolute Gasteiger partial charge is 0.490 e. The first-order valence-electron chi connectivity index (χ1n) is 16.7. The van der Waals surface area contributed by atoms with Crippen LogP contribution in [0.25, 0.3) is 0 Å². The molecule has 46 heavy (non-hydrogen) atoms. The molecule has 0 aromatic heterocycles. The van der Waals surface area contributed by atoms with Crippen molar-refractivity contribution in [2.45, 2.75) is 87.9 Å². The predicted molar refractivity (Wildman–Crippen MR) is 184 cm³/mol. The quantitative estimate of drug-likeness (QED) is 0.431. The van der Waals surface area contributed by atoms with Crippen LogP contribution in [0.15, 0.2) is 36.4 Å². The lowest BCUT2D eigenvalue weighted by Crippen LogP contribution is -2.53. The number of nitrogens with one attached hydrogen (secondary N) is 1. The normalized spacial score (nSPS) is 33.4. The van der Waals surface area contributed by atoms with Crippen LogP contribution in [0.5, 0.6) is 5.75 Å². The van der Waals surface area contributed by atoms with E-state index < -0.39 is 37.6 Å². The molecule has 2 N–H and O–H groups in total. The molecule has 1 fully saturated rings.